The SMILES string of the molecule is COc1ccc(C(=O)NCCN(N)/C=C(\N)C(=O)NCC(=O)c2ccc(O)cc2)c(OC)c1OC. The number of nitrogens with two attached hydrogens (primary N) is 2. The van der Waals surface area contributed by atoms with Gasteiger partial charge in [-0.05, 0) is 36.4 Å². The molecule has 0 aliphatic carbocycles. The molecule has 0 saturated carbocycles. The van der Waals surface area contributed by atoms with Crippen molar-refractivity contribution in [3.63, 3.8) is 0 Å². The zero-order valence-electron chi connectivity index (χ0n) is 19.7. The number of nitrogens with zero attached hydrogens (tertiary/aromatic N) is 1. The normalized spacial score (nSPS) is 10.8. The minimum absolute atomic E-state index is 0.0276. The molecule has 2 aromatic carbocycles. The standard InChI is InChI=1S/C23H29N5O7/c1-33-19-9-8-16(20(34-2)21(19)35-3)22(31)26-10-11-28(25)13-17(24)23(32)27-12-18(30)14-4-6-15(29)7-5-14/h4-9,13,29H,10-12,24-25H2,1-3H3,(H,26,31)(H,27,32)/b17-13-. The fourth-order valence-corrected chi connectivity index (χ4v) is 2.99. The highest BCUT2D eigenvalue weighted by molar-refractivity contribution is 6.01. The predicted molar refractivity (Wildman–Crippen MR) is 127 cm³/mol. The molecule has 0 aliphatic rings. The van der Waals surface area contributed by atoms with Crippen molar-refractivity contribution < 1.29 is 33.7 Å². The number of carbonyl (C=O) groups excluding carboxylic acids is 3. The second-order valence-electron chi connectivity index (χ2n) is 7.11. The van der Waals surface area contributed by atoms with E-state index in [0.29, 0.717) is 11.3 Å². The van der Waals surface area contributed by atoms with Gasteiger partial charge in [0.1, 0.15) is 11.4 Å². The van der Waals surface area contributed by atoms with Crippen molar-refractivity contribution in [3.8, 4) is 23.0 Å². The van der Waals surface area contributed by atoms with Crippen LogP contribution in [0, 0.1) is 0 Å². The van der Waals surface area contributed by atoms with Gasteiger partial charge in [-0.1, -0.05) is 0 Å². The molecule has 2 amide bonds. The van der Waals surface area contributed by atoms with Gasteiger partial charge in [-0.2, -0.15) is 0 Å². The van der Waals surface area contributed by atoms with Crippen LogP contribution >= 0.6 is 0 Å². The molecule has 2 rings (SSSR count). The zero-order chi connectivity index (χ0) is 26.0. The molecule has 35 heavy (non-hydrogen) atoms. The van der Waals surface area contributed by atoms with Crippen LogP contribution in [-0.4, -0.2) is 68.7 Å². The van der Waals surface area contributed by atoms with Crippen LogP contribution in [-0.2, 0) is 4.79 Å². The number of amides is 2. The third-order valence-electron chi connectivity index (χ3n) is 4.77. The van der Waals surface area contributed by atoms with E-state index in [1.165, 1.54) is 57.9 Å². The first-order chi connectivity index (χ1) is 16.7. The lowest BCUT2D eigenvalue weighted by molar-refractivity contribution is -0.117. The quantitative estimate of drug-likeness (QED) is 0.119. The second kappa shape index (κ2) is 12.7. The average molecular weight is 488 g/mol. The van der Waals surface area contributed by atoms with E-state index in [4.69, 9.17) is 25.8 Å². The summed E-state index contributed by atoms with van der Waals surface area (Å²) in [4.78, 5) is 36.8. The van der Waals surface area contributed by atoms with E-state index in [-0.39, 0.29) is 53.9 Å². The van der Waals surface area contributed by atoms with Gasteiger partial charge >= 0.3 is 0 Å². The summed E-state index contributed by atoms with van der Waals surface area (Å²) in [5.41, 5.74) is 6.08. The Bertz CT molecular complexity index is 1090. The largest absolute Gasteiger partial charge is 0.508 e. The summed E-state index contributed by atoms with van der Waals surface area (Å²) < 4.78 is 15.8. The summed E-state index contributed by atoms with van der Waals surface area (Å²) in [6.07, 6.45) is 1.18. The topological polar surface area (TPSA) is 178 Å². The molecule has 7 N–H and O–H groups in total. The molecule has 12 heteroatoms. The summed E-state index contributed by atoms with van der Waals surface area (Å²) in [5.74, 6) is 5.30. The Kier molecular flexibility index (Phi) is 9.72. The molecule has 2 aromatic rings. The molecule has 0 bridgehead atoms. The van der Waals surface area contributed by atoms with Crippen LogP contribution in [0.4, 0.5) is 0 Å². The fraction of sp³-hybridized carbons (Fsp3) is 0.261. The van der Waals surface area contributed by atoms with E-state index in [1.807, 2.05) is 0 Å². The number of rotatable bonds is 12. The Labute approximate surface area is 202 Å². The Morgan fingerprint density at radius 2 is 1.63 bits per heavy atom. The van der Waals surface area contributed by atoms with Crippen LogP contribution in [0.2, 0.25) is 0 Å². The van der Waals surface area contributed by atoms with E-state index in [9.17, 15) is 19.5 Å². The lowest BCUT2D eigenvalue weighted by Crippen LogP contribution is -2.38. The van der Waals surface area contributed by atoms with Gasteiger partial charge in [-0.25, -0.2) is 5.84 Å². The van der Waals surface area contributed by atoms with Crippen molar-refractivity contribution in [1.29, 1.82) is 0 Å². The fourth-order valence-electron chi connectivity index (χ4n) is 2.99. The van der Waals surface area contributed by atoms with E-state index < -0.39 is 11.8 Å². The van der Waals surface area contributed by atoms with Crippen molar-refractivity contribution >= 4 is 17.6 Å². The summed E-state index contributed by atoms with van der Waals surface area (Å²) in [6, 6.07) is 8.75. The second-order valence-corrected chi connectivity index (χ2v) is 7.11. The van der Waals surface area contributed by atoms with Crippen molar-refractivity contribution in [2.75, 3.05) is 41.0 Å². The van der Waals surface area contributed by atoms with Crippen LogP contribution in [0.15, 0.2) is 48.3 Å². The van der Waals surface area contributed by atoms with Gasteiger partial charge < -0.3 is 40.7 Å². The summed E-state index contributed by atoms with van der Waals surface area (Å²) in [6.45, 7) is -0.0364. The maximum absolute atomic E-state index is 12.6. The highest BCUT2D eigenvalue weighted by Crippen LogP contribution is 2.39. The van der Waals surface area contributed by atoms with Gasteiger partial charge in [-0.15, -0.1) is 0 Å². The highest BCUT2D eigenvalue weighted by atomic mass is 16.5. The Hall–Kier alpha value is -4.45. The van der Waals surface area contributed by atoms with Crippen molar-refractivity contribution in [1.82, 2.24) is 15.6 Å². The molecule has 0 atom stereocenters. The van der Waals surface area contributed by atoms with Gasteiger partial charge in [-0.3, -0.25) is 14.4 Å². The summed E-state index contributed by atoms with van der Waals surface area (Å²) in [7, 11) is 4.32. The van der Waals surface area contributed by atoms with Crippen LogP contribution < -0.4 is 36.4 Å². The van der Waals surface area contributed by atoms with Crippen molar-refractivity contribution in [3.05, 3.63) is 59.4 Å². The number of Topliss-reactive ketones (excluding diaryl/α,β-unsaturated/α-hetero) is 1. The number of hydrazine groups is 1. The number of benzene rings is 2. The molecule has 0 aliphatic heterocycles. The third kappa shape index (κ3) is 7.27. The van der Waals surface area contributed by atoms with Crippen molar-refractivity contribution in [2.45, 2.75) is 0 Å². The number of methoxy groups -OCH3 is 3. The molecule has 0 spiro atoms. The minimum atomic E-state index is -0.688. The number of ether oxygens (including phenoxy) is 3. The number of hydrogen-bond acceptors (Lipinski definition) is 10. The summed E-state index contributed by atoms with van der Waals surface area (Å²) in [5, 5.41) is 15.5. The number of hydrogen-bond donors (Lipinski definition) is 5. The number of nitrogens with one attached hydrogen (secondary N) is 2. The first kappa shape index (κ1) is 26.8. The van der Waals surface area contributed by atoms with E-state index in [1.54, 1.807) is 6.07 Å². The molecule has 0 fully saturated rings. The van der Waals surface area contributed by atoms with Crippen LogP contribution in [0.1, 0.15) is 20.7 Å². The molecule has 0 unspecified atom stereocenters. The van der Waals surface area contributed by atoms with Gasteiger partial charge in [0.15, 0.2) is 17.3 Å². The molecule has 0 heterocycles. The molecule has 12 nitrogen and oxygen atoms in total. The number of ketones is 1. The molecule has 0 saturated heterocycles. The van der Waals surface area contributed by atoms with Crippen LogP contribution in [0.5, 0.6) is 23.0 Å². The van der Waals surface area contributed by atoms with Gasteiger partial charge in [0.25, 0.3) is 11.8 Å². The van der Waals surface area contributed by atoms with Gasteiger partial charge in [0, 0.05) is 18.3 Å². The van der Waals surface area contributed by atoms with E-state index >= 15 is 0 Å². The predicted octanol–water partition coefficient (Wildman–Crippen LogP) is 0.123. The molecular formula is C23H29N5O7. The van der Waals surface area contributed by atoms with Crippen LogP contribution in [0.3, 0.4) is 0 Å². The first-order valence-corrected chi connectivity index (χ1v) is 10.4. The molecule has 0 aromatic heterocycles. The van der Waals surface area contributed by atoms with Gasteiger partial charge in [0.05, 0.1) is 40.0 Å². The average Bonchev–Trinajstić information content (AvgIpc) is 2.86. The first-order valence-electron chi connectivity index (χ1n) is 10.4. The monoisotopic (exact) mass is 487 g/mol. The lowest BCUT2D eigenvalue weighted by Gasteiger charge is -2.17. The third-order valence-corrected chi connectivity index (χ3v) is 4.77. The Balaban J connectivity index is 1.87. The Morgan fingerprint density at radius 1 is 0.971 bits per heavy atom. The Morgan fingerprint density at radius 3 is 2.23 bits per heavy atom. The zero-order valence-corrected chi connectivity index (χ0v) is 19.7. The molecule has 188 valence electrons. The van der Waals surface area contributed by atoms with Crippen molar-refractivity contribution in [2.24, 2.45) is 11.6 Å². The number of phenols is 1. The van der Waals surface area contributed by atoms with E-state index in [2.05, 4.69) is 10.6 Å². The molecular weight excluding hydrogens is 458 g/mol. The number of carbonyl (C=O) groups is 3. The summed E-state index contributed by atoms with van der Waals surface area (Å²) >= 11 is 0. The maximum Gasteiger partial charge on any atom is 0.269 e. The van der Waals surface area contributed by atoms with E-state index in [0.717, 1.165) is 5.01 Å². The number of aromatic hydroxyl groups is 1. The smallest absolute Gasteiger partial charge is 0.269 e. The maximum atomic E-state index is 12.6. The highest BCUT2D eigenvalue weighted by Gasteiger charge is 2.20. The molecule has 0 radical (unpaired) electrons. The lowest BCUT2D eigenvalue weighted by atomic mass is 10.1. The van der Waals surface area contributed by atoms with Gasteiger partial charge in [0.2, 0.25) is 5.75 Å². The minimum Gasteiger partial charge on any atom is -0.508 e. The number of phenolic OH excluding ortho intramolecular Hbond substituents is 1. The van der Waals surface area contributed by atoms with Crippen LogP contribution in [0.25, 0.3) is 0 Å².